The van der Waals surface area contributed by atoms with Gasteiger partial charge in [0.1, 0.15) is 0 Å². The molecule has 0 aliphatic carbocycles. The zero-order valence-corrected chi connectivity index (χ0v) is 10.6. The Kier molecular flexibility index (Phi) is 5.69. The molecule has 0 aliphatic rings. The molecule has 0 aliphatic heterocycles. The standard InChI is InChI=1S/C12H22N4O/c1-10(2)4-3-7-16-12(17)8-11(9-15-16)14-6-5-13/h8-10,14H,3-7,13H2,1-2H3. The van der Waals surface area contributed by atoms with Gasteiger partial charge in [0.25, 0.3) is 5.56 Å². The summed E-state index contributed by atoms with van der Waals surface area (Å²) >= 11 is 0. The first kappa shape index (κ1) is 13.7. The summed E-state index contributed by atoms with van der Waals surface area (Å²) in [6.45, 7) is 6.23. The van der Waals surface area contributed by atoms with E-state index in [-0.39, 0.29) is 5.56 Å². The fraction of sp³-hybridized carbons (Fsp3) is 0.667. The van der Waals surface area contributed by atoms with Crippen LogP contribution in [0.2, 0.25) is 0 Å². The van der Waals surface area contributed by atoms with Crippen LogP contribution in [0.25, 0.3) is 0 Å². The van der Waals surface area contributed by atoms with Crippen LogP contribution in [0.3, 0.4) is 0 Å². The third-order valence-corrected chi connectivity index (χ3v) is 2.49. The average Bonchev–Trinajstić information content (AvgIpc) is 2.28. The summed E-state index contributed by atoms with van der Waals surface area (Å²) in [5.41, 5.74) is 6.05. The molecule has 0 bridgehead atoms. The lowest BCUT2D eigenvalue weighted by molar-refractivity contribution is 0.477. The molecule has 0 spiro atoms. The van der Waals surface area contributed by atoms with Crippen LogP contribution in [0.1, 0.15) is 26.7 Å². The third kappa shape index (κ3) is 4.99. The molecular formula is C12H22N4O. The summed E-state index contributed by atoms with van der Waals surface area (Å²) in [6, 6.07) is 1.57. The van der Waals surface area contributed by atoms with Gasteiger partial charge in [0, 0.05) is 25.7 Å². The van der Waals surface area contributed by atoms with Crippen molar-refractivity contribution in [3.8, 4) is 0 Å². The molecule has 0 amide bonds. The lowest BCUT2D eigenvalue weighted by Gasteiger charge is -2.08. The van der Waals surface area contributed by atoms with Crippen LogP contribution in [0.15, 0.2) is 17.1 Å². The summed E-state index contributed by atoms with van der Waals surface area (Å²) in [5.74, 6) is 0.663. The molecule has 96 valence electrons. The number of hydrogen-bond donors (Lipinski definition) is 2. The van der Waals surface area contributed by atoms with Crippen molar-refractivity contribution in [2.45, 2.75) is 33.2 Å². The van der Waals surface area contributed by atoms with Gasteiger partial charge in [-0.05, 0) is 18.8 Å². The minimum Gasteiger partial charge on any atom is -0.382 e. The van der Waals surface area contributed by atoms with Crippen molar-refractivity contribution >= 4 is 5.69 Å². The lowest BCUT2D eigenvalue weighted by atomic mass is 10.1. The van der Waals surface area contributed by atoms with E-state index in [1.165, 1.54) is 4.68 Å². The van der Waals surface area contributed by atoms with E-state index in [1.807, 2.05) is 0 Å². The van der Waals surface area contributed by atoms with Crippen molar-refractivity contribution in [2.75, 3.05) is 18.4 Å². The Morgan fingerprint density at radius 2 is 2.29 bits per heavy atom. The summed E-state index contributed by atoms with van der Waals surface area (Å²) in [4.78, 5) is 11.7. The predicted octanol–water partition coefficient (Wildman–Crippen LogP) is 1.05. The van der Waals surface area contributed by atoms with Gasteiger partial charge in [-0.25, -0.2) is 4.68 Å². The van der Waals surface area contributed by atoms with Gasteiger partial charge in [0.2, 0.25) is 0 Å². The fourth-order valence-electron chi connectivity index (χ4n) is 1.56. The monoisotopic (exact) mass is 238 g/mol. The van der Waals surface area contributed by atoms with Gasteiger partial charge in [-0.2, -0.15) is 5.10 Å². The van der Waals surface area contributed by atoms with Gasteiger partial charge in [0.15, 0.2) is 0 Å². The number of nitrogens with two attached hydrogens (primary N) is 1. The Morgan fingerprint density at radius 1 is 1.53 bits per heavy atom. The summed E-state index contributed by atoms with van der Waals surface area (Å²) in [6.07, 6.45) is 3.77. The quantitative estimate of drug-likeness (QED) is 0.744. The molecule has 5 nitrogen and oxygen atoms in total. The highest BCUT2D eigenvalue weighted by molar-refractivity contribution is 5.38. The summed E-state index contributed by atoms with van der Waals surface area (Å²) in [5, 5.41) is 7.16. The first-order valence-electron chi connectivity index (χ1n) is 6.14. The van der Waals surface area contributed by atoms with E-state index in [0.717, 1.165) is 18.5 Å². The van der Waals surface area contributed by atoms with E-state index in [4.69, 9.17) is 5.73 Å². The van der Waals surface area contributed by atoms with Crippen LogP contribution >= 0.6 is 0 Å². The van der Waals surface area contributed by atoms with Crippen molar-refractivity contribution in [2.24, 2.45) is 11.7 Å². The van der Waals surface area contributed by atoms with Gasteiger partial charge >= 0.3 is 0 Å². The van der Waals surface area contributed by atoms with Gasteiger partial charge in [-0.15, -0.1) is 0 Å². The second kappa shape index (κ2) is 7.06. The van der Waals surface area contributed by atoms with Crippen molar-refractivity contribution in [1.82, 2.24) is 9.78 Å². The maximum atomic E-state index is 11.7. The molecule has 0 radical (unpaired) electrons. The molecule has 0 saturated carbocycles. The minimum absolute atomic E-state index is 0.0595. The number of aryl methyl sites for hydroxylation is 1. The number of nitrogens with zero attached hydrogens (tertiary/aromatic N) is 2. The maximum absolute atomic E-state index is 11.7. The molecule has 1 heterocycles. The molecule has 1 aromatic heterocycles. The van der Waals surface area contributed by atoms with E-state index in [1.54, 1.807) is 12.3 Å². The minimum atomic E-state index is -0.0595. The number of aromatic nitrogens is 2. The van der Waals surface area contributed by atoms with Crippen LogP contribution < -0.4 is 16.6 Å². The molecule has 0 atom stereocenters. The fourth-order valence-corrected chi connectivity index (χ4v) is 1.56. The van der Waals surface area contributed by atoms with Crippen molar-refractivity contribution in [3.63, 3.8) is 0 Å². The second-order valence-electron chi connectivity index (χ2n) is 4.56. The highest BCUT2D eigenvalue weighted by Crippen LogP contribution is 2.04. The van der Waals surface area contributed by atoms with E-state index >= 15 is 0 Å². The topological polar surface area (TPSA) is 72.9 Å². The molecule has 0 fully saturated rings. The lowest BCUT2D eigenvalue weighted by Crippen LogP contribution is -2.23. The number of hydrogen-bond acceptors (Lipinski definition) is 4. The summed E-state index contributed by atoms with van der Waals surface area (Å²) in [7, 11) is 0. The molecular weight excluding hydrogens is 216 g/mol. The zero-order valence-electron chi connectivity index (χ0n) is 10.6. The second-order valence-corrected chi connectivity index (χ2v) is 4.56. The Balaban J connectivity index is 2.54. The molecule has 0 aromatic carbocycles. The SMILES string of the molecule is CC(C)CCCn1ncc(NCCN)cc1=O. The van der Waals surface area contributed by atoms with Gasteiger partial charge < -0.3 is 11.1 Å². The van der Waals surface area contributed by atoms with Crippen LogP contribution in [0.5, 0.6) is 0 Å². The largest absolute Gasteiger partial charge is 0.382 e. The Bertz CT molecular complexity index is 386. The number of rotatable bonds is 7. The zero-order chi connectivity index (χ0) is 12.7. The Morgan fingerprint density at radius 3 is 2.88 bits per heavy atom. The van der Waals surface area contributed by atoms with Crippen molar-refractivity contribution < 1.29 is 0 Å². The smallest absolute Gasteiger partial charge is 0.268 e. The van der Waals surface area contributed by atoms with Crippen molar-refractivity contribution in [3.05, 3.63) is 22.6 Å². The van der Waals surface area contributed by atoms with E-state index in [2.05, 4.69) is 24.3 Å². The van der Waals surface area contributed by atoms with Crippen LogP contribution in [0, 0.1) is 5.92 Å². The van der Waals surface area contributed by atoms with E-state index < -0.39 is 0 Å². The molecule has 17 heavy (non-hydrogen) atoms. The molecule has 1 rings (SSSR count). The van der Waals surface area contributed by atoms with Gasteiger partial charge in [0.05, 0.1) is 11.9 Å². The normalized spacial score (nSPS) is 10.8. The molecule has 0 saturated heterocycles. The average molecular weight is 238 g/mol. The first-order valence-corrected chi connectivity index (χ1v) is 6.14. The first-order chi connectivity index (χ1) is 8.13. The van der Waals surface area contributed by atoms with Crippen LogP contribution in [0.4, 0.5) is 5.69 Å². The Labute approximate surface area is 102 Å². The van der Waals surface area contributed by atoms with Crippen molar-refractivity contribution in [1.29, 1.82) is 0 Å². The van der Waals surface area contributed by atoms with Gasteiger partial charge in [-0.3, -0.25) is 4.79 Å². The molecule has 3 N–H and O–H groups in total. The molecule has 0 unspecified atom stereocenters. The predicted molar refractivity (Wildman–Crippen MR) is 70.1 cm³/mol. The van der Waals surface area contributed by atoms with E-state index in [9.17, 15) is 4.79 Å². The number of nitrogens with one attached hydrogen (secondary N) is 1. The van der Waals surface area contributed by atoms with Crippen LogP contribution in [-0.2, 0) is 6.54 Å². The summed E-state index contributed by atoms with van der Waals surface area (Å²) < 4.78 is 1.51. The van der Waals surface area contributed by atoms with Gasteiger partial charge in [-0.1, -0.05) is 13.8 Å². The van der Waals surface area contributed by atoms with Crippen LogP contribution in [-0.4, -0.2) is 22.9 Å². The highest BCUT2D eigenvalue weighted by atomic mass is 16.1. The van der Waals surface area contributed by atoms with E-state index in [0.29, 0.717) is 25.6 Å². The maximum Gasteiger partial charge on any atom is 0.268 e. The molecule has 5 heteroatoms. The third-order valence-electron chi connectivity index (χ3n) is 2.49. The Hall–Kier alpha value is -1.36. The number of anilines is 1. The highest BCUT2D eigenvalue weighted by Gasteiger charge is 2.00. The molecule has 1 aromatic rings.